The molecule has 224 valence electrons. The fraction of sp³-hybridized carbons (Fsp3) is 0.500. The Morgan fingerprint density at radius 1 is 1.17 bits per heavy atom. The number of aliphatic hydroxyl groups is 1. The van der Waals surface area contributed by atoms with Gasteiger partial charge in [-0.1, -0.05) is 56.3 Å². The van der Waals surface area contributed by atoms with Crippen molar-refractivity contribution in [3.05, 3.63) is 67.8 Å². The number of ether oxygens (including phenoxy) is 1. The molecule has 5 rings (SSSR count). The Hall–Kier alpha value is -3.10. The summed E-state index contributed by atoms with van der Waals surface area (Å²) in [6.07, 6.45) is 7.43. The third-order valence-electron chi connectivity index (χ3n) is 9.23. The number of carbonyl (C=O) groups excluding carboxylic acids is 3. The molecule has 3 aliphatic rings. The molecule has 7 nitrogen and oxygen atoms in total. The fourth-order valence-corrected chi connectivity index (χ4v) is 9.41. The highest BCUT2D eigenvalue weighted by atomic mass is 32.2. The van der Waals surface area contributed by atoms with Gasteiger partial charge in [-0.15, -0.1) is 24.9 Å². The van der Waals surface area contributed by atoms with Crippen molar-refractivity contribution in [2.45, 2.75) is 68.0 Å². The van der Waals surface area contributed by atoms with E-state index in [-0.39, 0.29) is 42.1 Å². The van der Waals surface area contributed by atoms with Crippen LogP contribution in [0.3, 0.4) is 0 Å². The van der Waals surface area contributed by atoms with Gasteiger partial charge in [0.05, 0.1) is 35.8 Å². The van der Waals surface area contributed by atoms with E-state index in [0.717, 1.165) is 42.1 Å². The second-order valence-corrected chi connectivity index (χ2v) is 13.6. The van der Waals surface area contributed by atoms with Crippen molar-refractivity contribution in [2.24, 2.45) is 17.8 Å². The molecule has 8 heteroatoms. The SMILES string of the molecule is C=CCCCCOC(=O)[C@@H]1[C@H]2C(=O)N([C@@H](CO)C(C)C)C(C(=O)N(CC=C)c3ccc4ccccc4c3)C23CC[C@H]1S3. The smallest absolute Gasteiger partial charge is 0.310 e. The number of aliphatic hydroxyl groups excluding tert-OH is 1. The lowest BCUT2D eigenvalue weighted by Gasteiger charge is -2.40. The number of anilines is 1. The number of allylic oxidation sites excluding steroid dienone is 1. The number of esters is 1. The number of carbonyl (C=O) groups is 3. The lowest BCUT2D eigenvalue weighted by Crippen LogP contribution is -2.58. The Balaban J connectivity index is 1.52. The monoisotopic (exact) mass is 590 g/mol. The zero-order valence-electron chi connectivity index (χ0n) is 24.6. The lowest BCUT2D eigenvalue weighted by molar-refractivity contribution is -0.154. The number of likely N-dealkylation sites (tertiary alicyclic amines) is 1. The minimum atomic E-state index is -0.818. The first-order valence-corrected chi connectivity index (χ1v) is 16.0. The first-order valence-electron chi connectivity index (χ1n) is 15.1. The third kappa shape index (κ3) is 5.17. The van der Waals surface area contributed by atoms with Gasteiger partial charge in [0, 0.05) is 17.5 Å². The zero-order valence-corrected chi connectivity index (χ0v) is 25.4. The molecule has 3 aliphatic heterocycles. The summed E-state index contributed by atoms with van der Waals surface area (Å²) in [7, 11) is 0. The Labute approximate surface area is 253 Å². The van der Waals surface area contributed by atoms with Crippen LogP contribution in [0.25, 0.3) is 10.8 Å². The number of hydrogen-bond donors (Lipinski definition) is 1. The lowest BCUT2D eigenvalue weighted by atomic mass is 9.71. The van der Waals surface area contributed by atoms with E-state index in [0.29, 0.717) is 13.0 Å². The fourth-order valence-electron chi connectivity index (χ4n) is 7.22. The molecule has 0 saturated carbocycles. The van der Waals surface area contributed by atoms with Crippen LogP contribution in [0.1, 0.15) is 46.0 Å². The minimum absolute atomic E-state index is 0.0720. The Kier molecular flexibility index (Phi) is 9.14. The summed E-state index contributed by atoms with van der Waals surface area (Å²) in [5, 5.41) is 12.5. The van der Waals surface area contributed by atoms with Crippen molar-refractivity contribution < 1.29 is 24.2 Å². The number of hydrogen-bond acceptors (Lipinski definition) is 6. The van der Waals surface area contributed by atoms with Crippen LogP contribution in [0.4, 0.5) is 5.69 Å². The maximum Gasteiger partial charge on any atom is 0.310 e. The van der Waals surface area contributed by atoms with E-state index in [4.69, 9.17) is 4.74 Å². The molecule has 0 aromatic heterocycles. The average molecular weight is 591 g/mol. The second kappa shape index (κ2) is 12.6. The van der Waals surface area contributed by atoms with Crippen molar-refractivity contribution in [3.8, 4) is 0 Å². The van der Waals surface area contributed by atoms with Gasteiger partial charge in [-0.2, -0.15) is 0 Å². The number of unbranched alkanes of at least 4 members (excludes halogenated alkanes) is 2. The summed E-state index contributed by atoms with van der Waals surface area (Å²) in [5.41, 5.74) is 0.726. The number of nitrogens with zero attached hydrogens (tertiary/aromatic N) is 2. The first-order chi connectivity index (χ1) is 20.3. The number of fused-ring (bicyclic) bond motifs is 2. The molecule has 3 saturated heterocycles. The summed E-state index contributed by atoms with van der Waals surface area (Å²) in [4.78, 5) is 46.1. The number of thioether (sulfide) groups is 1. The second-order valence-electron chi connectivity index (χ2n) is 12.0. The highest BCUT2D eigenvalue weighted by Gasteiger charge is 2.75. The van der Waals surface area contributed by atoms with Crippen LogP contribution in [0.2, 0.25) is 0 Å². The van der Waals surface area contributed by atoms with Gasteiger partial charge in [0.25, 0.3) is 5.91 Å². The van der Waals surface area contributed by atoms with Gasteiger partial charge in [0.2, 0.25) is 5.91 Å². The quantitative estimate of drug-likeness (QED) is 0.192. The van der Waals surface area contributed by atoms with Crippen molar-refractivity contribution in [2.75, 3.05) is 24.7 Å². The van der Waals surface area contributed by atoms with E-state index in [2.05, 4.69) is 13.2 Å². The Morgan fingerprint density at radius 2 is 1.93 bits per heavy atom. The Morgan fingerprint density at radius 3 is 2.62 bits per heavy atom. The molecule has 2 bridgehead atoms. The van der Waals surface area contributed by atoms with Gasteiger partial charge in [-0.05, 0) is 60.9 Å². The molecule has 2 aromatic carbocycles. The van der Waals surface area contributed by atoms with E-state index in [1.807, 2.05) is 62.4 Å². The third-order valence-corrected chi connectivity index (χ3v) is 11.2. The van der Waals surface area contributed by atoms with Gasteiger partial charge in [0.1, 0.15) is 6.04 Å². The molecule has 2 amide bonds. The molecule has 0 radical (unpaired) electrons. The maximum atomic E-state index is 14.8. The maximum absolute atomic E-state index is 14.8. The molecule has 3 fully saturated rings. The van der Waals surface area contributed by atoms with Crippen molar-refractivity contribution in [1.82, 2.24) is 4.90 Å². The molecule has 1 N–H and O–H groups in total. The summed E-state index contributed by atoms with van der Waals surface area (Å²) in [6, 6.07) is 12.5. The highest BCUT2D eigenvalue weighted by Crippen LogP contribution is 2.67. The van der Waals surface area contributed by atoms with E-state index >= 15 is 0 Å². The molecule has 6 atom stereocenters. The molecule has 42 heavy (non-hydrogen) atoms. The van der Waals surface area contributed by atoms with Crippen molar-refractivity contribution in [3.63, 3.8) is 0 Å². The van der Waals surface area contributed by atoms with E-state index < -0.39 is 28.7 Å². The van der Waals surface area contributed by atoms with Gasteiger partial charge in [-0.3, -0.25) is 14.4 Å². The van der Waals surface area contributed by atoms with Crippen molar-refractivity contribution in [1.29, 1.82) is 0 Å². The molecular formula is C34H42N2O5S. The molecule has 2 aromatic rings. The zero-order chi connectivity index (χ0) is 30.0. The number of benzene rings is 2. The molecule has 1 spiro atoms. The van der Waals surface area contributed by atoms with Crippen LogP contribution in [0.5, 0.6) is 0 Å². The van der Waals surface area contributed by atoms with E-state index in [9.17, 15) is 19.5 Å². The summed E-state index contributed by atoms with van der Waals surface area (Å²) in [5.74, 6) is -2.12. The molecule has 0 aliphatic carbocycles. The summed E-state index contributed by atoms with van der Waals surface area (Å²) in [6.45, 7) is 11.9. The van der Waals surface area contributed by atoms with Crippen LogP contribution in [-0.4, -0.2) is 69.6 Å². The predicted octanol–water partition coefficient (Wildman–Crippen LogP) is 5.37. The highest BCUT2D eigenvalue weighted by molar-refractivity contribution is 8.02. The normalized spacial score (nSPS) is 26.9. The first kappa shape index (κ1) is 30.4. The van der Waals surface area contributed by atoms with E-state index in [1.54, 1.807) is 27.6 Å². The molecular weight excluding hydrogens is 548 g/mol. The van der Waals surface area contributed by atoms with Gasteiger partial charge < -0.3 is 19.6 Å². The van der Waals surface area contributed by atoms with Crippen LogP contribution in [0.15, 0.2) is 67.8 Å². The van der Waals surface area contributed by atoms with Crippen LogP contribution in [0, 0.1) is 17.8 Å². The topological polar surface area (TPSA) is 87.1 Å². The summed E-state index contributed by atoms with van der Waals surface area (Å²) >= 11 is 1.62. The number of amides is 2. The summed E-state index contributed by atoms with van der Waals surface area (Å²) < 4.78 is 4.96. The van der Waals surface area contributed by atoms with Crippen molar-refractivity contribution >= 4 is 46.0 Å². The van der Waals surface area contributed by atoms with Gasteiger partial charge in [0.15, 0.2) is 0 Å². The minimum Gasteiger partial charge on any atom is -0.465 e. The van der Waals surface area contributed by atoms with Crippen LogP contribution < -0.4 is 4.90 Å². The molecule has 3 heterocycles. The predicted molar refractivity (Wildman–Crippen MR) is 168 cm³/mol. The van der Waals surface area contributed by atoms with Gasteiger partial charge in [-0.25, -0.2) is 0 Å². The van der Waals surface area contributed by atoms with Crippen LogP contribution in [-0.2, 0) is 19.1 Å². The van der Waals surface area contributed by atoms with Gasteiger partial charge >= 0.3 is 5.97 Å². The molecule has 2 unspecified atom stereocenters. The standard InChI is InChI=1S/C34H42N2O5S/c1-5-7-8-11-19-41-33(40)28-27-16-17-34(42-27)29(28)31(38)36(26(21-37)22(3)4)30(34)32(39)35(18-6-2)25-15-14-23-12-9-10-13-24(23)20-25/h5-6,9-10,12-15,20,22,26-30,37H,1-2,7-8,11,16-19,21H2,3-4H3/t26-,27+,28-,29-,30?,34?/m0/s1. The van der Waals surface area contributed by atoms with Crippen LogP contribution >= 0.6 is 11.8 Å². The largest absolute Gasteiger partial charge is 0.465 e. The average Bonchev–Trinajstić information content (AvgIpc) is 3.63. The van der Waals surface area contributed by atoms with E-state index in [1.165, 1.54) is 0 Å². The Bertz CT molecular complexity index is 1360. The number of rotatable bonds is 13.